The van der Waals surface area contributed by atoms with Gasteiger partial charge >= 0.3 is 6.18 Å². The molecule has 0 atom stereocenters. The molecule has 6 N–H and O–H groups in total. The summed E-state index contributed by atoms with van der Waals surface area (Å²) in [5, 5.41) is 0.875. The van der Waals surface area contributed by atoms with E-state index in [1.165, 1.54) is 23.5 Å². The van der Waals surface area contributed by atoms with Gasteiger partial charge in [0, 0.05) is 28.4 Å². The molecule has 3 aromatic rings. The highest BCUT2D eigenvalue weighted by Crippen LogP contribution is 2.32. The first-order valence-electron chi connectivity index (χ1n) is 12.3. The van der Waals surface area contributed by atoms with Crippen LogP contribution in [0.5, 0.6) is 0 Å². The smallest absolute Gasteiger partial charge is 0.402 e. The van der Waals surface area contributed by atoms with Gasteiger partial charge in [-0.15, -0.1) is 11.3 Å². The van der Waals surface area contributed by atoms with E-state index >= 15 is 0 Å². The van der Waals surface area contributed by atoms with Crippen molar-refractivity contribution in [2.75, 3.05) is 13.1 Å². The fourth-order valence-corrected chi connectivity index (χ4v) is 5.04. The molecule has 0 spiro atoms. The SMILES string of the molecule is NCCCCCC/C(N)=C(\CN)C(=Nc1ccc(Cl)cc1Cl)c1ccc(C#Cc2ccc(C(F)(F)F)cc2)s1. The second-order valence-electron chi connectivity index (χ2n) is 8.71. The fraction of sp³-hybridized carbons (Fsp3) is 0.276. The van der Waals surface area contributed by atoms with Gasteiger partial charge in [-0.25, -0.2) is 4.99 Å². The highest BCUT2D eigenvalue weighted by molar-refractivity contribution is 7.14. The lowest BCUT2D eigenvalue weighted by Crippen LogP contribution is -2.19. The van der Waals surface area contributed by atoms with E-state index in [4.69, 9.17) is 45.4 Å². The summed E-state index contributed by atoms with van der Waals surface area (Å²) in [5.74, 6) is 5.93. The first kappa shape index (κ1) is 30.7. The Labute approximate surface area is 240 Å². The van der Waals surface area contributed by atoms with Crippen molar-refractivity contribution in [2.24, 2.45) is 22.2 Å². The lowest BCUT2D eigenvalue weighted by atomic mass is 10.0. The quantitative estimate of drug-likeness (QED) is 0.128. The van der Waals surface area contributed by atoms with Gasteiger partial charge in [0.05, 0.1) is 31.7 Å². The first-order chi connectivity index (χ1) is 18.6. The third-order valence-corrected chi connectivity index (χ3v) is 7.35. The number of benzene rings is 2. The number of alkyl halides is 3. The van der Waals surface area contributed by atoms with Crippen molar-refractivity contribution in [3.05, 3.63) is 96.8 Å². The molecule has 39 heavy (non-hydrogen) atoms. The Morgan fingerprint density at radius 3 is 2.26 bits per heavy atom. The number of unbranched alkanes of at least 4 members (excludes halogenated alkanes) is 3. The van der Waals surface area contributed by atoms with E-state index in [-0.39, 0.29) is 6.54 Å². The van der Waals surface area contributed by atoms with Gasteiger partial charge < -0.3 is 17.2 Å². The van der Waals surface area contributed by atoms with Gasteiger partial charge in [0.1, 0.15) is 0 Å². The third-order valence-electron chi connectivity index (χ3n) is 5.80. The van der Waals surface area contributed by atoms with Gasteiger partial charge in [0.25, 0.3) is 0 Å². The van der Waals surface area contributed by atoms with Crippen LogP contribution < -0.4 is 17.2 Å². The molecule has 0 saturated heterocycles. The van der Waals surface area contributed by atoms with Gasteiger partial charge in [0.2, 0.25) is 0 Å². The zero-order chi connectivity index (χ0) is 28.4. The second-order valence-corrected chi connectivity index (χ2v) is 10.6. The largest absolute Gasteiger partial charge is 0.416 e. The van der Waals surface area contributed by atoms with Crippen LogP contribution in [0.3, 0.4) is 0 Å². The van der Waals surface area contributed by atoms with Gasteiger partial charge in [-0.3, -0.25) is 0 Å². The molecule has 206 valence electrons. The molecule has 0 radical (unpaired) electrons. The molecule has 4 nitrogen and oxygen atoms in total. The predicted molar refractivity (Wildman–Crippen MR) is 157 cm³/mol. The first-order valence-corrected chi connectivity index (χ1v) is 13.9. The third kappa shape index (κ3) is 9.13. The zero-order valence-corrected chi connectivity index (χ0v) is 23.5. The highest BCUT2D eigenvalue weighted by atomic mass is 35.5. The Bertz CT molecular complexity index is 1380. The van der Waals surface area contributed by atoms with Crippen molar-refractivity contribution in [1.29, 1.82) is 0 Å². The number of rotatable bonds is 10. The van der Waals surface area contributed by atoms with E-state index in [1.54, 1.807) is 18.2 Å². The fourth-order valence-electron chi connectivity index (χ4n) is 3.72. The Hall–Kier alpha value is -2.80. The molecule has 0 saturated carbocycles. The Morgan fingerprint density at radius 2 is 1.62 bits per heavy atom. The van der Waals surface area contributed by atoms with E-state index in [9.17, 15) is 13.2 Å². The van der Waals surface area contributed by atoms with Crippen molar-refractivity contribution >= 4 is 45.9 Å². The van der Waals surface area contributed by atoms with Crippen LogP contribution in [0.2, 0.25) is 10.0 Å². The average Bonchev–Trinajstić information content (AvgIpc) is 3.37. The van der Waals surface area contributed by atoms with E-state index in [0.717, 1.165) is 42.7 Å². The van der Waals surface area contributed by atoms with Crippen LogP contribution in [-0.2, 0) is 6.18 Å². The van der Waals surface area contributed by atoms with Crippen molar-refractivity contribution in [2.45, 2.75) is 38.3 Å². The lowest BCUT2D eigenvalue weighted by molar-refractivity contribution is -0.137. The number of allylic oxidation sites excluding steroid dienone is 1. The van der Waals surface area contributed by atoms with E-state index in [1.807, 2.05) is 12.1 Å². The summed E-state index contributed by atoms with van der Waals surface area (Å²) in [6.07, 6.45) is 0.191. The number of hydrogen-bond acceptors (Lipinski definition) is 5. The minimum Gasteiger partial charge on any atom is -0.402 e. The molecule has 10 heteroatoms. The Kier molecular flexibility index (Phi) is 11.5. The molecular weight excluding hydrogens is 564 g/mol. The zero-order valence-electron chi connectivity index (χ0n) is 21.1. The maximum absolute atomic E-state index is 12.8. The summed E-state index contributed by atoms with van der Waals surface area (Å²) < 4.78 is 38.5. The summed E-state index contributed by atoms with van der Waals surface area (Å²) in [4.78, 5) is 6.32. The van der Waals surface area contributed by atoms with Crippen LogP contribution in [0.4, 0.5) is 18.9 Å². The van der Waals surface area contributed by atoms with Gasteiger partial charge in [-0.2, -0.15) is 13.2 Å². The van der Waals surface area contributed by atoms with Crippen molar-refractivity contribution in [3.8, 4) is 11.8 Å². The van der Waals surface area contributed by atoms with Crippen LogP contribution >= 0.6 is 34.5 Å². The minimum atomic E-state index is -4.39. The molecule has 0 aliphatic carbocycles. The summed E-state index contributed by atoms with van der Waals surface area (Å²) in [7, 11) is 0. The molecule has 1 heterocycles. The van der Waals surface area contributed by atoms with Crippen LogP contribution in [0, 0.1) is 11.8 Å². The van der Waals surface area contributed by atoms with E-state index < -0.39 is 11.7 Å². The van der Waals surface area contributed by atoms with Crippen LogP contribution in [0.1, 0.15) is 53.0 Å². The molecule has 0 aliphatic rings. The molecular formula is C29H29Cl2F3N4S. The predicted octanol–water partition coefficient (Wildman–Crippen LogP) is 7.68. The molecule has 0 amide bonds. The van der Waals surface area contributed by atoms with E-state index in [0.29, 0.717) is 56.1 Å². The molecule has 0 bridgehead atoms. The maximum atomic E-state index is 12.8. The number of aliphatic imine (C=N–C) groups is 1. The Morgan fingerprint density at radius 1 is 0.897 bits per heavy atom. The van der Waals surface area contributed by atoms with Gasteiger partial charge in [-0.05, 0) is 80.4 Å². The normalized spacial score (nSPS) is 12.6. The summed E-state index contributed by atoms with van der Waals surface area (Å²) in [6, 6.07) is 13.5. The van der Waals surface area contributed by atoms with Crippen LogP contribution in [0.25, 0.3) is 0 Å². The van der Waals surface area contributed by atoms with Crippen molar-refractivity contribution in [3.63, 3.8) is 0 Å². The summed E-state index contributed by atoms with van der Waals surface area (Å²) in [6.45, 7) is 0.837. The molecule has 0 aliphatic heterocycles. The molecule has 3 rings (SSSR count). The molecule has 2 aromatic carbocycles. The summed E-state index contributed by atoms with van der Waals surface area (Å²) >= 11 is 13.9. The Balaban J connectivity index is 1.95. The van der Waals surface area contributed by atoms with Crippen LogP contribution in [-0.4, -0.2) is 18.8 Å². The van der Waals surface area contributed by atoms with Crippen molar-refractivity contribution in [1.82, 2.24) is 0 Å². The number of hydrogen-bond donors (Lipinski definition) is 3. The van der Waals surface area contributed by atoms with Gasteiger partial charge in [-0.1, -0.05) is 47.9 Å². The average molecular weight is 594 g/mol. The molecule has 1 aromatic heterocycles. The lowest BCUT2D eigenvalue weighted by Gasteiger charge is -2.13. The summed E-state index contributed by atoms with van der Waals surface area (Å²) in [5.41, 5.74) is 20.5. The number of thiophene rings is 1. The van der Waals surface area contributed by atoms with Gasteiger partial charge in [0.15, 0.2) is 0 Å². The monoisotopic (exact) mass is 592 g/mol. The number of halogens is 5. The topological polar surface area (TPSA) is 90.4 Å². The maximum Gasteiger partial charge on any atom is 0.416 e. The van der Waals surface area contributed by atoms with E-state index in [2.05, 4.69) is 11.8 Å². The van der Waals surface area contributed by atoms with Crippen molar-refractivity contribution < 1.29 is 13.2 Å². The number of nitrogens with zero attached hydrogens (tertiary/aromatic N) is 1. The standard InChI is InChI=1S/C29H29Cl2F3N4S/c30-21-11-14-26(24(31)17-21)38-28(23(18-36)25(37)5-3-1-2-4-16-35)27-15-13-22(39-27)12-8-19-6-9-20(10-7-19)29(32,33)34/h6-7,9-11,13-15,17H,1-5,16,18,35-37H2/b25-23-,38-28?. The van der Waals surface area contributed by atoms with Crippen LogP contribution in [0.15, 0.2) is 70.9 Å². The second kappa shape index (κ2) is 14.5. The molecule has 0 unspecified atom stereocenters. The minimum absolute atomic E-state index is 0.170. The number of nitrogens with two attached hydrogens (primary N) is 3. The molecule has 0 fully saturated rings. The highest BCUT2D eigenvalue weighted by Gasteiger charge is 2.29.